The molecule has 5 nitrogen and oxygen atoms in total. The van der Waals surface area contributed by atoms with Gasteiger partial charge in [0.2, 0.25) is 5.91 Å². The molecule has 116 valence electrons. The third kappa shape index (κ3) is 3.89. The largest absolute Gasteiger partial charge is 0.324 e. The van der Waals surface area contributed by atoms with Crippen molar-refractivity contribution in [3.8, 4) is 0 Å². The molecule has 2 saturated heterocycles. The maximum Gasteiger partial charge on any atom is 0.223 e. The Bertz CT molecular complexity index is 433. The van der Waals surface area contributed by atoms with E-state index in [1.807, 2.05) is 0 Å². The lowest BCUT2D eigenvalue weighted by molar-refractivity contribution is -0.131. The van der Waals surface area contributed by atoms with Gasteiger partial charge >= 0.3 is 0 Å². The molecule has 0 spiro atoms. The van der Waals surface area contributed by atoms with Gasteiger partial charge in [-0.15, -0.1) is 0 Å². The van der Waals surface area contributed by atoms with Crippen LogP contribution in [-0.4, -0.2) is 61.5 Å². The van der Waals surface area contributed by atoms with Gasteiger partial charge < -0.3 is 10.2 Å². The van der Waals surface area contributed by atoms with Crippen molar-refractivity contribution in [1.82, 2.24) is 10.2 Å². The van der Waals surface area contributed by atoms with Crippen molar-refractivity contribution in [3.63, 3.8) is 0 Å². The molecule has 2 rings (SSSR count). The van der Waals surface area contributed by atoms with Crippen LogP contribution in [0, 0.1) is 5.92 Å². The van der Waals surface area contributed by atoms with Crippen LogP contribution < -0.4 is 5.32 Å². The van der Waals surface area contributed by atoms with Crippen LogP contribution in [0.15, 0.2) is 0 Å². The molecule has 20 heavy (non-hydrogen) atoms. The van der Waals surface area contributed by atoms with E-state index in [9.17, 15) is 13.2 Å². The lowest BCUT2D eigenvalue weighted by Crippen LogP contribution is -2.50. The Hall–Kier alpha value is -0.270. The van der Waals surface area contributed by atoms with Crippen LogP contribution in [-0.2, 0) is 14.6 Å². The van der Waals surface area contributed by atoms with Gasteiger partial charge in [-0.1, -0.05) is 6.92 Å². The van der Waals surface area contributed by atoms with Crippen LogP contribution in [0.2, 0.25) is 0 Å². The highest BCUT2D eigenvalue weighted by atomic mass is 32.2. The van der Waals surface area contributed by atoms with Crippen LogP contribution in [0.1, 0.15) is 26.2 Å². The quantitative estimate of drug-likeness (QED) is 0.808. The van der Waals surface area contributed by atoms with E-state index in [0.29, 0.717) is 24.6 Å². The number of nitrogens with one attached hydrogen (secondary N) is 1. The maximum atomic E-state index is 12.4. The zero-order chi connectivity index (χ0) is 14.6. The van der Waals surface area contributed by atoms with E-state index < -0.39 is 15.2 Å². The molecule has 0 aromatic heterocycles. The molecule has 0 radical (unpaired) electrons. The van der Waals surface area contributed by atoms with Gasteiger partial charge in [0.15, 0.2) is 9.84 Å². The van der Waals surface area contributed by atoms with E-state index >= 15 is 0 Å². The van der Waals surface area contributed by atoms with E-state index in [4.69, 9.17) is 0 Å². The van der Waals surface area contributed by atoms with Crippen molar-refractivity contribution in [3.05, 3.63) is 0 Å². The fourth-order valence-electron chi connectivity index (χ4n) is 2.79. The number of amides is 1. The molecule has 2 atom stereocenters. The first kappa shape index (κ1) is 16.1. The Morgan fingerprint density at radius 2 is 2.25 bits per heavy atom. The van der Waals surface area contributed by atoms with Gasteiger partial charge in [0, 0.05) is 30.2 Å². The molecule has 0 aromatic rings. The van der Waals surface area contributed by atoms with Crippen LogP contribution in [0.4, 0.5) is 0 Å². The molecule has 2 aliphatic heterocycles. The SMILES string of the molecule is CCS(=O)(=O)C1CSCCN1C(=O)CCC1CCNC1. The molecule has 0 bridgehead atoms. The van der Waals surface area contributed by atoms with Gasteiger partial charge in [0.1, 0.15) is 5.37 Å². The Kier molecular flexibility index (Phi) is 5.74. The third-order valence-corrected chi connectivity index (χ3v) is 7.44. The van der Waals surface area contributed by atoms with Gasteiger partial charge in [0.05, 0.1) is 0 Å². The van der Waals surface area contributed by atoms with Gasteiger partial charge in [0.25, 0.3) is 0 Å². The monoisotopic (exact) mass is 320 g/mol. The number of thioether (sulfide) groups is 1. The topological polar surface area (TPSA) is 66.5 Å². The predicted molar refractivity (Wildman–Crippen MR) is 82.5 cm³/mol. The lowest BCUT2D eigenvalue weighted by atomic mass is 10.0. The zero-order valence-electron chi connectivity index (χ0n) is 12.0. The molecule has 2 fully saturated rings. The minimum atomic E-state index is -3.18. The molecular weight excluding hydrogens is 296 g/mol. The Morgan fingerprint density at radius 1 is 1.45 bits per heavy atom. The summed E-state index contributed by atoms with van der Waals surface area (Å²) in [5.74, 6) is 2.05. The van der Waals surface area contributed by atoms with Gasteiger partial charge in [-0.25, -0.2) is 8.42 Å². The number of hydrogen-bond acceptors (Lipinski definition) is 5. The number of carbonyl (C=O) groups is 1. The first-order valence-corrected chi connectivity index (χ1v) is 10.2. The first-order chi connectivity index (χ1) is 9.54. The van der Waals surface area contributed by atoms with E-state index in [1.54, 1.807) is 23.6 Å². The van der Waals surface area contributed by atoms with Gasteiger partial charge in [-0.2, -0.15) is 11.8 Å². The van der Waals surface area contributed by atoms with Crippen molar-refractivity contribution in [2.24, 2.45) is 5.92 Å². The minimum absolute atomic E-state index is 0.0132. The van der Waals surface area contributed by atoms with E-state index in [-0.39, 0.29) is 11.7 Å². The summed E-state index contributed by atoms with van der Waals surface area (Å²) in [5, 5.41) is 2.68. The summed E-state index contributed by atoms with van der Waals surface area (Å²) in [6, 6.07) is 0. The first-order valence-electron chi connectivity index (χ1n) is 7.34. The van der Waals surface area contributed by atoms with Crippen molar-refractivity contribution in [2.75, 3.05) is 36.9 Å². The Balaban J connectivity index is 1.94. The smallest absolute Gasteiger partial charge is 0.223 e. The van der Waals surface area contributed by atoms with Crippen molar-refractivity contribution >= 4 is 27.5 Å². The molecular formula is C13H24N2O3S2. The summed E-state index contributed by atoms with van der Waals surface area (Å²) >= 11 is 1.63. The van der Waals surface area contributed by atoms with Crippen molar-refractivity contribution < 1.29 is 13.2 Å². The maximum absolute atomic E-state index is 12.4. The Labute approximate surface area is 125 Å². The standard InChI is InChI=1S/C13H24N2O3S2/c1-2-20(17,18)13-10-19-8-7-15(13)12(16)4-3-11-5-6-14-9-11/h11,13-14H,2-10H2,1H3. The summed E-state index contributed by atoms with van der Waals surface area (Å²) in [5.41, 5.74) is 0. The number of hydrogen-bond donors (Lipinski definition) is 1. The molecule has 0 aliphatic carbocycles. The molecule has 0 aromatic carbocycles. The average molecular weight is 320 g/mol. The third-order valence-electron chi connectivity index (χ3n) is 4.15. The minimum Gasteiger partial charge on any atom is -0.324 e. The summed E-state index contributed by atoms with van der Waals surface area (Å²) in [4.78, 5) is 14.0. The Morgan fingerprint density at radius 3 is 2.90 bits per heavy atom. The van der Waals surface area contributed by atoms with Crippen LogP contribution in [0.5, 0.6) is 0 Å². The number of carbonyl (C=O) groups excluding carboxylic acids is 1. The van der Waals surface area contributed by atoms with E-state index in [0.717, 1.165) is 31.7 Å². The number of nitrogens with zero attached hydrogens (tertiary/aromatic N) is 1. The molecule has 1 N–H and O–H groups in total. The molecule has 2 aliphatic rings. The molecule has 2 heterocycles. The normalized spacial score (nSPS) is 27.8. The average Bonchev–Trinajstić information content (AvgIpc) is 2.98. The lowest BCUT2D eigenvalue weighted by Gasteiger charge is -2.35. The molecule has 2 unspecified atom stereocenters. The van der Waals surface area contributed by atoms with Gasteiger partial charge in [-0.3, -0.25) is 4.79 Å². The van der Waals surface area contributed by atoms with Gasteiger partial charge in [-0.05, 0) is 31.8 Å². The zero-order valence-corrected chi connectivity index (χ0v) is 13.6. The van der Waals surface area contributed by atoms with Crippen LogP contribution in [0.25, 0.3) is 0 Å². The van der Waals surface area contributed by atoms with E-state index in [1.165, 1.54) is 0 Å². The summed E-state index contributed by atoms with van der Waals surface area (Å²) in [6.07, 6.45) is 2.47. The second-order valence-electron chi connectivity index (χ2n) is 5.47. The number of sulfone groups is 1. The molecule has 0 saturated carbocycles. The van der Waals surface area contributed by atoms with E-state index in [2.05, 4.69) is 5.32 Å². The second kappa shape index (κ2) is 7.13. The predicted octanol–water partition coefficient (Wildman–Crippen LogP) is 0.712. The summed E-state index contributed by atoms with van der Waals surface area (Å²) in [6.45, 7) is 4.24. The summed E-state index contributed by atoms with van der Waals surface area (Å²) in [7, 11) is -3.18. The fourth-order valence-corrected chi connectivity index (χ4v) is 5.78. The van der Waals surface area contributed by atoms with Crippen LogP contribution >= 0.6 is 11.8 Å². The molecule has 7 heteroatoms. The fraction of sp³-hybridized carbons (Fsp3) is 0.923. The summed E-state index contributed by atoms with van der Waals surface area (Å²) < 4.78 is 24.2. The highest BCUT2D eigenvalue weighted by molar-refractivity contribution is 8.01. The number of rotatable bonds is 5. The second-order valence-corrected chi connectivity index (χ2v) is 9.06. The van der Waals surface area contributed by atoms with Crippen molar-refractivity contribution in [1.29, 1.82) is 0 Å². The van der Waals surface area contributed by atoms with Crippen molar-refractivity contribution in [2.45, 2.75) is 31.6 Å². The highest BCUT2D eigenvalue weighted by Crippen LogP contribution is 2.23. The molecule has 1 amide bonds. The van der Waals surface area contributed by atoms with Crippen LogP contribution in [0.3, 0.4) is 0 Å². The highest BCUT2D eigenvalue weighted by Gasteiger charge is 2.35.